The SMILES string of the molecule is CC(C(=O)Nc1cccc(C(F)(F)F)c1)n1cc(Br)cn1. The number of benzene rings is 1. The van der Waals surface area contributed by atoms with Gasteiger partial charge in [0, 0.05) is 11.9 Å². The van der Waals surface area contributed by atoms with Gasteiger partial charge in [-0.2, -0.15) is 18.3 Å². The zero-order valence-electron chi connectivity index (χ0n) is 10.9. The van der Waals surface area contributed by atoms with E-state index in [0.717, 1.165) is 12.1 Å². The van der Waals surface area contributed by atoms with Crippen molar-refractivity contribution in [3.8, 4) is 0 Å². The van der Waals surface area contributed by atoms with Crippen LogP contribution < -0.4 is 5.32 Å². The predicted molar refractivity (Wildman–Crippen MR) is 74.7 cm³/mol. The lowest BCUT2D eigenvalue weighted by molar-refractivity contribution is -0.137. The van der Waals surface area contributed by atoms with E-state index in [9.17, 15) is 18.0 Å². The van der Waals surface area contributed by atoms with E-state index in [-0.39, 0.29) is 5.69 Å². The molecule has 1 aromatic carbocycles. The smallest absolute Gasteiger partial charge is 0.324 e. The molecular formula is C13H11BrF3N3O. The van der Waals surface area contributed by atoms with Crippen LogP contribution in [0.2, 0.25) is 0 Å². The van der Waals surface area contributed by atoms with Crippen LogP contribution in [0.25, 0.3) is 0 Å². The van der Waals surface area contributed by atoms with Gasteiger partial charge in [-0.3, -0.25) is 9.48 Å². The molecule has 0 spiro atoms. The minimum absolute atomic E-state index is 0.0906. The number of alkyl halides is 3. The van der Waals surface area contributed by atoms with Crippen LogP contribution in [-0.2, 0) is 11.0 Å². The molecule has 4 nitrogen and oxygen atoms in total. The Morgan fingerprint density at radius 2 is 2.14 bits per heavy atom. The number of carbonyl (C=O) groups excluding carboxylic acids is 1. The highest BCUT2D eigenvalue weighted by Crippen LogP contribution is 2.30. The summed E-state index contributed by atoms with van der Waals surface area (Å²) in [5.74, 6) is -0.454. The van der Waals surface area contributed by atoms with Gasteiger partial charge in [0.1, 0.15) is 6.04 Å². The van der Waals surface area contributed by atoms with Crippen molar-refractivity contribution >= 4 is 27.5 Å². The minimum Gasteiger partial charge on any atom is -0.324 e. The molecule has 0 aliphatic heterocycles. The number of hydrogen-bond donors (Lipinski definition) is 1. The molecule has 0 saturated carbocycles. The molecule has 0 bridgehead atoms. The van der Waals surface area contributed by atoms with E-state index in [2.05, 4.69) is 26.3 Å². The van der Waals surface area contributed by atoms with Crippen molar-refractivity contribution < 1.29 is 18.0 Å². The van der Waals surface area contributed by atoms with Crippen LogP contribution in [0, 0.1) is 0 Å². The van der Waals surface area contributed by atoms with E-state index in [1.165, 1.54) is 23.0 Å². The van der Waals surface area contributed by atoms with Crippen LogP contribution in [0.15, 0.2) is 41.1 Å². The Labute approximate surface area is 127 Å². The zero-order valence-corrected chi connectivity index (χ0v) is 12.4. The van der Waals surface area contributed by atoms with Crippen molar-refractivity contribution in [2.45, 2.75) is 19.1 Å². The predicted octanol–water partition coefficient (Wildman–Crippen LogP) is 3.86. The maximum atomic E-state index is 12.6. The molecule has 1 N–H and O–H groups in total. The van der Waals surface area contributed by atoms with Crippen molar-refractivity contribution in [3.63, 3.8) is 0 Å². The Hall–Kier alpha value is -1.83. The van der Waals surface area contributed by atoms with E-state index in [1.54, 1.807) is 13.1 Å². The van der Waals surface area contributed by atoms with Crippen molar-refractivity contribution in [2.24, 2.45) is 0 Å². The lowest BCUT2D eigenvalue weighted by Crippen LogP contribution is -2.24. The van der Waals surface area contributed by atoms with Gasteiger partial charge in [0.2, 0.25) is 5.91 Å². The highest BCUT2D eigenvalue weighted by atomic mass is 79.9. The molecule has 1 aromatic heterocycles. The molecule has 8 heteroatoms. The molecule has 0 saturated heterocycles. The van der Waals surface area contributed by atoms with Crippen molar-refractivity contribution in [2.75, 3.05) is 5.32 Å². The van der Waals surface area contributed by atoms with Crippen molar-refractivity contribution in [1.82, 2.24) is 9.78 Å². The molecule has 1 unspecified atom stereocenters. The highest BCUT2D eigenvalue weighted by molar-refractivity contribution is 9.10. The summed E-state index contributed by atoms with van der Waals surface area (Å²) < 4.78 is 39.9. The topological polar surface area (TPSA) is 46.9 Å². The Balaban J connectivity index is 2.13. The number of anilines is 1. The van der Waals surface area contributed by atoms with Gasteiger partial charge < -0.3 is 5.32 Å². The number of nitrogens with zero attached hydrogens (tertiary/aromatic N) is 2. The molecule has 0 radical (unpaired) electrons. The number of aromatic nitrogens is 2. The normalized spacial score (nSPS) is 13.0. The fourth-order valence-corrected chi connectivity index (χ4v) is 1.97. The summed E-state index contributed by atoms with van der Waals surface area (Å²) in [5, 5.41) is 6.41. The van der Waals surface area contributed by atoms with Crippen LogP contribution >= 0.6 is 15.9 Å². The van der Waals surface area contributed by atoms with Crippen LogP contribution in [0.3, 0.4) is 0 Å². The first-order valence-corrected chi connectivity index (χ1v) is 6.74. The molecule has 2 aromatic rings. The van der Waals surface area contributed by atoms with Gasteiger partial charge >= 0.3 is 6.18 Å². The molecule has 2 rings (SSSR count). The standard InChI is InChI=1S/C13H11BrF3N3O/c1-8(20-7-10(14)6-18-20)12(21)19-11-4-2-3-9(5-11)13(15,16)17/h2-8H,1H3,(H,19,21). The summed E-state index contributed by atoms with van der Waals surface area (Å²) in [4.78, 5) is 12.0. The third-order valence-corrected chi connectivity index (χ3v) is 3.21. The lowest BCUT2D eigenvalue weighted by Gasteiger charge is -2.14. The largest absolute Gasteiger partial charge is 0.416 e. The van der Waals surface area contributed by atoms with Gasteiger partial charge in [0.25, 0.3) is 0 Å². The second-order valence-corrected chi connectivity index (χ2v) is 5.30. The van der Waals surface area contributed by atoms with E-state index in [1.807, 2.05) is 0 Å². The number of hydrogen-bond acceptors (Lipinski definition) is 2. The maximum absolute atomic E-state index is 12.6. The number of amides is 1. The first kappa shape index (κ1) is 15.6. The number of carbonyl (C=O) groups is 1. The van der Waals surface area contributed by atoms with Crippen LogP contribution in [0.4, 0.5) is 18.9 Å². The molecule has 112 valence electrons. The van der Waals surface area contributed by atoms with Gasteiger partial charge in [-0.25, -0.2) is 0 Å². The zero-order chi connectivity index (χ0) is 15.6. The molecule has 0 aliphatic rings. The number of nitrogens with one attached hydrogen (secondary N) is 1. The van der Waals surface area contributed by atoms with Gasteiger partial charge in [0.15, 0.2) is 0 Å². The van der Waals surface area contributed by atoms with Crippen molar-refractivity contribution in [1.29, 1.82) is 0 Å². The molecule has 0 fully saturated rings. The lowest BCUT2D eigenvalue weighted by atomic mass is 10.2. The highest BCUT2D eigenvalue weighted by Gasteiger charge is 2.30. The third kappa shape index (κ3) is 3.84. The summed E-state index contributed by atoms with van der Waals surface area (Å²) in [6, 6.07) is 3.84. The Kier molecular flexibility index (Phi) is 4.36. The number of rotatable bonds is 3. The van der Waals surface area contributed by atoms with Crippen LogP contribution in [0.1, 0.15) is 18.5 Å². The molecular weight excluding hydrogens is 351 g/mol. The second-order valence-electron chi connectivity index (χ2n) is 4.38. The van der Waals surface area contributed by atoms with Gasteiger partial charge in [-0.05, 0) is 41.1 Å². The van der Waals surface area contributed by atoms with Crippen LogP contribution in [0.5, 0.6) is 0 Å². The first-order chi connectivity index (χ1) is 9.77. The van der Waals surface area contributed by atoms with Crippen molar-refractivity contribution in [3.05, 3.63) is 46.7 Å². The average Bonchev–Trinajstić information content (AvgIpc) is 2.84. The Morgan fingerprint density at radius 1 is 1.43 bits per heavy atom. The summed E-state index contributed by atoms with van der Waals surface area (Å²) in [7, 11) is 0. The van der Waals surface area contributed by atoms with Crippen LogP contribution in [-0.4, -0.2) is 15.7 Å². The summed E-state index contributed by atoms with van der Waals surface area (Å²) >= 11 is 3.21. The maximum Gasteiger partial charge on any atom is 0.416 e. The third-order valence-electron chi connectivity index (χ3n) is 2.80. The monoisotopic (exact) mass is 361 g/mol. The summed E-state index contributed by atoms with van der Waals surface area (Å²) in [5.41, 5.74) is -0.720. The Bertz CT molecular complexity index is 654. The van der Waals surface area contributed by atoms with Gasteiger partial charge in [-0.1, -0.05) is 6.07 Å². The van der Waals surface area contributed by atoms with E-state index >= 15 is 0 Å². The van der Waals surface area contributed by atoms with E-state index < -0.39 is 23.7 Å². The summed E-state index contributed by atoms with van der Waals surface area (Å²) in [6.45, 7) is 1.60. The minimum atomic E-state index is -4.45. The molecule has 1 amide bonds. The van der Waals surface area contributed by atoms with Gasteiger partial charge in [-0.15, -0.1) is 0 Å². The molecule has 1 atom stereocenters. The second kappa shape index (κ2) is 5.88. The van der Waals surface area contributed by atoms with E-state index in [4.69, 9.17) is 0 Å². The number of halogens is 4. The van der Waals surface area contributed by atoms with E-state index in [0.29, 0.717) is 4.47 Å². The molecule has 0 aliphatic carbocycles. The quantitative estimate of drug-likeness (QED) is 0.901. The molecule has 1 heterocycles. The average molecular weight is 362 g/mol. The summed E-state index contributed by atoms with van der Waals surface area (Å²) in [6.07, 6.45) is -1.32. The Morgan fingerprint density at radius 3 is 2.71 bits per heavy atom. The molecule has 21 heavy (non-hydrogen) atoms. The fourth-order valence-electron chi connectivity index (χ4n) is 1.67. The fraction of sp³-hybridized carbons (Fsp3) is 0.231. The first-order valence-electron chi connectivity index (χ1n) is 5.95. The van der Waals surface area contributed by atoms with Gasteiger partial charge in [0.05, 0.1) is 16.2 Å².